The Morgan fingerprint density at radius 3 is 2.65 bits per heavy atom. The predicted octanol–water partition coefficient (Wildman–Crippen LogP) is 2.22. The summed E-state index contributed by atoms with van der Waals surface area (Å²) in [4.78, 5) is 14.3. The number of rotatable bonds is 4. The highest BCUT2D eigenvalue weighted by Crippen LogP contribution is 2.30. The fourth-order valence-electron chi connectivity index (χ4n) is 2.99. The van der Waals surface area contributed by atoms with Crippen molar-refractivity contribution in [2.45, 2.75) is 62.8 Å². The molecule has 2 fully saturated rings. The molecule has 1 heterocycles. The summed E-state index contributed by atoms with van der Waals surface area (Å²) in [7, 11) is 0. The van der Waals surface area contributed by atoms with Gasteiger partial charge in [-0.2, -0.15) is 11.8 Å². The summed E-state index contributed by atoms with van der Waals surface area (Å²) in [5.74, 6) is 0.347. The van der Waals surface area contributed by atoms with Gasteiger partial charge in [0.1, 0.15) is 0 Å². The summed E-state index contributed by atoms with van der Waals surface area (Å²) >= 11 is 1.98. The van der Waals surface area contributed by atoms with Gasteiger partial charge in [0.15, 0.2) is 0 Å². The zero-order valence-corrected chi connectivity index (χ0v) is 11.8. The fourth-order valence-corrected chi connectivity index (χ4v) is 3.73. The fraction of sp³-hybridized carbons (Fsp3) is 0.923. The van der Waals surface area contributed by atoms with Gasteiger partial charge in [-0.15, -0.1) is 0 Å². The summed E-state index contributed by atoms with van der Waals surface area (Å²) in [6, 6.07) is 0.596. The van der Waals surface area contributed by atoms with Crippen molar-refractivity contribution in [3.63, 3.8) is 0 Å². The highest BCUT2D eigenvalue weighted by molar-refractivity contribution is 7.99. The number of nitrogens with one attached hydrogen (secondary N) is 1. The van der Waals surface area contributed by atoms with Gasteiger partial charge in [0, 0.05) is 11.3 Å². The molecule has 1 atom stereocenters. The van der Waals surface area contributed by atoms with E-state index in [-0.39, 0.29) is 6.04 Å². The molecule has 3 nitrogen and oxygen atoms in total. The molecular weight excluding hydrogens is 232 g/mol. The molecular formula is C13H24N2OS. The van der Waals surface area contributed by atoms with Gasteiger partial charge in [0.25, 0.3) is 0 Å². The first kappa shape index (κ1) is 13.2. The van der Waals surface area contributed by atoms with Crippen molar-refractivity contribution in [2.75, 3.05) is 12.9 Å². The zero-order valence-electron chi connectivity index (χ0n) is 10.9. The number of amides is 1. The summed E-state index contributed by atoms with van der Waals surface area (Å²) in [5.41, 5.74) is 0. The average molecular weight is 256 g/mol. The minimum atomic E-state index is 0.0956. The Morgan fingerprint density at radius 1 is 1.35 bits per heavy atom. The van der Waals surface area contributed by atoms with Crippen LogP contribution in [0.1, 0.15) is 45.4 Å². The van der Waals surface area contributed by atoms with E-state index in [4.69, 9.17) is 0 Å². The van der Waals surface area contributed by atoms with Crippen LogP contribution in [0.4, 0.5) is 0 Å². The number of carbonyl (C=O) groups excluding carboxylic acids is 1. The van der Waals surface area contributed by atoms with Crippen LogP contribution in [0.2, 0.25) is 0 Å². The Morgan fingerprint density at radius 2 is 2.06 bits per heavy atom. The minimum Gasteiger partial charge on any atom is -0.326 e. The number of hydrogen-bond acceptors (Lipinski definition) is 3. The summed E-state index contributed by atoms with van der Waals surface area (Å²) in [6.45, 7) is 2.92. The molecule has 1 N–H and O–H groups in total. The molecule has 2 rings (SSSR count). The number of carbonyl (C=O) groups is 1. The Hall–Kier alpha value is -0.220. The van der Waals surface area contributed by atoms with Crippen molar-refractivity contribution in [3.8, 4) is 0 Å². The van der Waals surface area contributed by atoms with Crippen LogP contribution in [0.15, 0.2) is 0 Å². The van der Waals surface area contributed by atoms with Crippen LogP contribution in [0.25, 0.3) is 0 Å². The number of thioether (sulfide) groups is 1. The lowest BCUT2D eigenvalue weighted by molar-refractivity contribution is -0.131. The molecule has 1 saturated heterocycles. The zero-order chi connectivity index (χ0) is 12.3. The first-order valence-electron chi connectivity index (χ1n) is 6.83. The van der Waals surface area contributed by atoms with E-state index in [1.807, 2.05) is 11.8 Å². The molecule has 98 valence electrons. The van der Waals surface area contributed by atoms with Crippen LogP contribution in [0.3, 0.4) is 0 Å². The smallest absolute Gasteiger partial charge is 0.241 e. The van der Waals surface area contributed by atoms with Crippen LogP contribution in [0.5, 0.6) is 0 Å². The van der Waals surface area contributed by atoms with E-state index in [2.05, 4.69) is 23.4 Å². The first-order valence-corrected chi connectivity index (χ1v) is 8.11. The molecule has 0 aromatic heterocycles. The summed E-state index contributed by atoms with van der Waals surface area (Å²) < 4.78 is 0. The SMILES string of the molecule is CCCC1NCN(C2CCC(SC)CC2)C1=O. The molecule has 2 aliphatic rings. The Labute approximate surface area is 109 Å². The lowest BCUT2D eigenvalue weighted by Crippen LogP contribution is -2.41. The third-order valence-electron chi connectivity index (χ3n) is 4.08. The third-order valence-corrected chi connectivity index (χ3v) is 5.22. The lowest BCUT2D eigenvalue weighted by atomic mass is 9.93. The van der Waals surface area contributed by atoms with Crippen LogP contribution in [0, 0.1) is 0 Å². The van der Waals surface area contributed by atoms with Crippen molar-refractivity contribution < 1.29 is 4.79 Å². The monoisotopic (exact) mass is 256 g/mol. The van der Waals surface area contributed by atoms with E-state index < -0.39 is 0 Å². The molecule has 0 bridgehead atoms. The Kier molecular flexibility index (Phi) is 4.74. The minimum absolute atomic E-state index is 0.0956. The van der Waals surface area contributed by atoms with Crippen molar-refractivity contribution >= 4 is 17.7 Å². The van der Waals surface area contributed by atoms with E-state index in [1.54, 1.807) is 0 Å². The molecule has 4 heteroatoms. The van der Waals surface area contributed by atoms with Gasteiger partial charge < -0.3 is 4.90 Å². The topological polar surface area (TPSA) is 32.3 Å². The molecule has 0 aromatic carbocycles. The van der Waals surface area contributed by atoms with Crippen LogP contribution in [-0.2, 0) is 4.79 Å². The number of hydrogen-bond donors (Lipinski definition) is 1. The van der Waals surface area contributed by atoms with Crippen molar-refractivity contribution in [3.05, 3.63) is 0 Å². The predicted molar refractivity (Wildman–Crippen MR) is 73.1 cm³/mol. The van der Waals surface area contributed by atoms with Crippen LogP contribution in [-0.4, -0.2) is 41.1 Å². The van der Waals surface area contributed by atoms with Gasteiger partial charge in [-0.25, -0.2) is 0 Å². The molecule has 1 aliphatic heterocycles. The molecule has 1 amide bonds. The molecule has 1 saturated carbocycles. The van der Waals surface area contributed by atoms with Crippen LogP contribution >= 0.6 is 11.8 Å². The summed E-state index contributed by atoms with van der Waals surface area (Å²) in [5, 5.41) is 4.17. The van der Waals surface area contributed by atoms with Crippen LogP contribution < -0.4 is 5.32 Å². The maximum atomic E-state index is 12.2. The van der Waals surface area contributed by atoms with E-state index in [1.165, 1.54) is 25.7 Å². The third kappa shape index (κ3) is 2.97. The molecule has 0 spiro atoms. The van der Waals surface area contributed by atoms with E-state index in [9.17, 15) is 4.79 Å². The van der Waals surface area contributed by atoms with Gasteiger partial charge >= 0.3 is 0 Å². The van der Waals surface area contributed by atoms with E-state index in [0.717, 1.165) is 24.8 Å². The van der Waals surface area contributed by atoms with Gasteiger partial charge in [0.05, 0.1) is 12.7 Å². The van der Waals surface area contributed by atoms with Gasteiger partial charge in [-0.05, 0) is 38.4 Å². The highest BCUT2D eigenvalue weighted by atomic mass is 32.2. The van der Waals surface area contributed by atoms with Crippen molar-refractivity contribution in [2.24, 2.45) is 0 Å². The van der Waals surface area contributed by atoms with Gasteiger partial charge in [-0.3, -0.25) is 10.1 Å². The second-order valence-electron chi connectivity index (χ2n) is 5.18. The van der Waals surface area contributed by atoms with E-state index >= 15 is 0 Å². The second kappa shape index (κ2) is 6.10. The molecule has 1 unspecified atom stereocenters. The normalized spacial score (nSPS) is 34.4. The Balaban J connectivity index is 1.85. The molecule has 17 heavy (non-hydrogen) atoms. The largest absolute Gasteiger partial charge is 0.326 e. The Bertz CT molecular complexity index is 264. The summed E-state index contributed by atoms with van der Waals surface area (Å²) in [6.07, 6.45) is 9.19. The maximum Gasteiger partial charge on any atom is 0.241 e. The maximum absolute atomic E-state index is 12.2. The van der Waals surface area contributed by atoms with Gasteiger partial charge in [-0.1, -0.05) is 13.3 Å². The highest BCUT2D eigenvalue weighted by Gasteiger charge is 2.36. The average Bonchev–Trinajstić information content (AvgIpc) is 2.72. The molecule has 0 aromatic rings. The second-order valence-corrected chi connectivity index (χ2v) is 6.32. The number of nitrogens with zero attached hydrogens (tertiary/aromatic N) is 1. The van der Waals surface area contributed by atoms with Crippen molar-refractivity contribution in [1.29, 1.82) is 0 Å². The quantitative estimate of drug-likeness (QED) is 0.837. The van der Waals surface area contributed by atoms with Gasteiger partial charge in [0.2, 0.25) is 5.91 Å². The molecule has 0 radical (unpaired) electrons. The lowest BCUT2D eigenvalue weighted by Gasteiger charge is -2.33. The first-order chi connectivity index (χ1) is 8.26. The molecule has 1 aliphatic carbocycles. The van der Waals surface area contributed by atoms with E-state index in [0.29, 0.717) is 11.9 Å². The standard InChI is InChI=1S/C13H24N2OS/c1-3-4-12-13(16)15(9-14-12)10-5-7-11(17-2)8-6-10/h10-12,14H,3-9H2,1-2H3. The van der Waals surface area contributed by atoms with Crippen molar-refractivity contribution in [1.82, 2.24) is 10.2 Å².